The second-order valence-electron chi connectivity index (χ2n) is 2.96. The summed E-state index contributed by atoms with van der Waals surface area (Å²) in [5, 5.41) is 5.72. The molecule has 3 nitrogen and oxygen atoms in total. The summed E-state index contributed by atoms with van der Waals surface area (Å²) < 4.78 is 1.01. The summed E-state index contributed by atoms with van der Waals surface area (Å²) in [4.78, 5) is 11.7. The van der Waals surface area contributed by atoms with Gasteiger partial charge in [-0.05, 0) is 53.0 Å². The van der Waals surface area contributed by atoms with Gasteiger partial charge in [0, 0.05) is 15.7 Å². The molecule has 0 spiro atoms. The molecule has 1 aromatic rings. The number of hydrogen-bond acceptors (Lipinski definition) is 2. The Morgan fingerprint density at radius 1 is 1.56 bits per heavy atom. The molecule has 1 amide bonds. The first kappa shape index (κ1) is 13.1. The van der Waals surface area contributed by atoms with Gasteiger partial charge in [0.2, 0.25) is 0 Å². The first-order valence-corrected chi connectivity index (χ1v) is 6.08. The van der Waals surface area contributed by atoms with Crippen LogP contribution in [0.15, 0.2) is 36.9 Å². The van der Waals surface area contributed by atoms with Gasteiger partial charge in [0.05, 0.1) is 0 Å². The van der Waals surface area contributed by atoms with Crippen LogP contribution in [0.4, 0.5) is 0 Å². The van der Waals surface area contributed by atoms with E-state index in [-0.39, 0.29) is 5.91 Å². The molecule has 0 heterocycles. The Balaban J connectivity index is 2.58. The van der Waals surface area contributed by atoms with E-state index in [0.717, 1.165) is 3.57 Å². The van der Waals surface area contributed by atoms with Crippen molar-refractivity contribution >= 4 is 45.8 Å². The molecule has 0 saturated carbocycles. The Morgan fingerprint density at radius 3 is 2.94 bits per heavy atom. The van der Waals surface area contributed by atoms with Crippen LogP contribution in [0.25, 0.3) is 0 Å². The van der Waals surface area contributed by atoms with Crippen molar-refractivity contribution in [1.82, 2.24) is 10.6 Å². The molecule has 16 heavy (non-hydrogen) atoms. The zero-order valence-electron chi connectivity index (χ0n) is 8.50. The summed E-state index contributed by atoms with van der Waals surface area (Å²) in [5.41, 5.74) is 0.592. The second-order valence-corrected chi connectivity index (χ2v) is 4.62. The van der Waals surface area contributed by atoms with Crippen molar-refractivity contribution in [3.05, 3.63) is 46.1 Å². The normalized spacial score (nSPS) is 9.31. The molecule has 84 valence electrons. The number of thiocarbonyl (C=S) groups is 1. The third-order valence-corrected chi connectivity index (χ3v) is 2.64. The molecule has 0 radical (unpaired) electrons. The fourth-order valence-corrected chi connectivity index (χ4v) is 1.73. The lowest BCUT2D eigenvalue weighted by molar-refractivity contribution is 0.0976. The predicted molar refractivity (Wildman–Crippen MR) is 77.4 cm³/mol. The van der Waals surface area contributed by atoms with Gasteiger partial charge in [0.1, 0.15) is 0 Å². The number of halogens is 1. The number of carbonyl (C=O) groups is 1. The van der Waals surface area contributed by atoms with Crippen molar-refractivity contribution in [2.24, 2.45) is 0 Å². The van der Waals surface area contributed by atoms with Gasteiger partial charge in [-0.2, -0.15) is 0 Å². The first-order valence-electron chi connectivity index (χ1n) is 4.59. The van der Waals surface area contributed by atoms with Crippen molar-refractivity contribution < 1.29 is 4.79 Å². The molecule has 0 aromatic heterocycles. The number of rotatable bonds is 3. The van der Waals surface area contributed by atoms with Gasteiger partial charge < -0.3 is 5.32 Å². The topological polar surface area (TPSA) is 41.1 Å². The highest BCUT2D eigenvalue weighted by Crippen LogP contribution is 2.07. The average molecular weight is 346 g/mol. The second kappa shape index (κ2) is 6.59. The zero-order valence-corrected chi connectivity index (χ0v) is 11.5. The molecule has 0 saturated heterocycles. The number of benzene rings is 1. The van der Waals surface area contributed by atoms with Gasteiger partial charge >= 0.3 is 0 Å². The summed E-state index contributed by atoms with van der Waals surface area (Å²) >= 11 is 7.09. The SMILES string of the molecule is C=CCNC(=S)NC(=O)c1cccc(I)c1. The minimum atomic E-state index is -0.208. The lowest BCUT2D eigenvalue weighted by Crippen LogP contribution is -2.39. The highest BCUT2D eigenvalue weighted by molar-refractivity contribution is 14.1. The summed E-state index contributed by atoms with van der Waals surface area (Å²) in [6.07, 6.45) is 1.67. The van der Waals surface area contributed by atoms with E-state index in [1.165, 1.54) is 0 Å². The number of hydrogen-bond donors (Lipinski definition) is 2. The van der Waals surface area contributed by atoms with E-state index in [9.17, 15) is 4.79 Å². The van der Waals surface area contributed by atoms with Crippen LogP contribution in [0, 0.1) is 3.57 Å². The molecule has 5 heteroatoms. The van der Waals surface area contributed by atoms with E-state index in [0.29, 0.717) is 17.2 Å². The van der Waals surface area contributed by atoms with Gasteiger partial charge in [0.25, 0.3) is 5.91 Å². The smallest absolute Gasteiger partial charge is 0.257 e. The summed E-state index contributed by atoms with van der Waals surface area (Å²) in [6.45, 7) is 4.08. The molecule has 0 unspecified atom stereocenters. The first-order chi connectivity index (χ1) is 7.63. The van der Waals surface area contributed by atoms with E-state index >= 15 is 0 Å². The van der Waals surface area contributed by atoms with Crippen LogP contribution in [-0.4, -0.2) is 17.6 Å². The molecule has 0 bridgehead atoms. The van der Waals surface area contributed by atoms with Crippen molar-refractivity contribution in [3.8, 4) is 0 Å². The van der Waals surface area contributed by atoms with Crippen molar-refractivity contribution in [1.29, 1.82) is 0 Å². The predicted octanol–water partition coefficient (Wildman–Crippen LogP) is 2.08. The summed E-state index contributed by atoms with van der Waals surface area (Å²) in [6, 6.07) is 7.29. The molecule has 0 aliphatic heterocycles. The highest BCUT2D eigenvalue weighted by Gasteiger charge is 2.06. The maximum Gasteiger partial charge on any atom is 0.257 e. The Hall–Kier alpha value is -0.950. The van der Waals surface area contributed by atoms with E-state index in [1.54, 1.807) is 18.2 Å². The zero-order chi connectivity index (χ0) is 12.0. The van der Waals surface area contributed by atoms with Crippen molar-refractivity contribution in [3.63, 3.8) is 0 Å². The van der Waals surface area contributed by atoms with Crippen LogP contribution in [-0.2, 0) is 0 Å². The maximum absolute atomic E-state index is 11.7. The Kier molecular flexibility index (Phi) is 5.41. The van der Waals surface area contributed by atoms with Crippen molar-refractivity contribution in [2.45, 2.75) is 0 Å². The molecular weight excluding hydrogens is 335 g/mol. The van der Waals surface area contributed by atoms with E-state index < -0.39 is 0 Å². The molecule has 0 aliphatic rings. The fourth-order valence-electron chi connectivity index (χ4n) is 1.01. The Bertz CT molecular complexity index is 420. The third-order valence-electron chi connectivity index (χ3n) is 1.72. The van der Waals surface area contributed by atoms with Crippen LogP contribution in [0.2, 0.25) is 0 Å². The molecule has 1 aromatic carbocycles. The van der Waals surface area contributed by atoms with Crippen LogP contribution < -0.4 is 10.6 Å². The fraction of sp³-hybridized carbons (Fsp3) is 0.0909. The minimum absolute atomic E-state index is 0.208. The molecule has 2 N–H and O–H groups in total. The summed E-state index contributed by atoms with van der Waals surface area (Å²) in [5.74, 6) is -0.208. The number of nitrogens with one attached hydrogen (secondary N) is 2. The van der Waals surface area contributed by atoms with Gasteiger partial charge in [-0.15, -0.1) is 6.58 Å². The van der Waals surface area contributed by atoms with Crippen LogP contribution >= 0.6 is 34.8 Å². The molecule has 0 fully saturated rings. The highest BCUT2D eigenvalue weighted by atomic mass is 127. The molecule has 0 aliphatic carbocycles. The lowest BCUT2D eigenvalue weighted by Gasteiger charge is -2.07. The van der Waals surface area contributed by atoms with Crippen molar-refractivity contribution in [2.75, 3.05) is 6.54 Å². The third kappa shape index (κ3) is 4.28. The van der Waals surface area contributed by atoms with Gasteiger partial charge in [-0.3, -0.25) is 10.1 Å². The average Bonchev–Trinajstić information content (AvgIpc) is 2.26. The quantitative estimate of drug-likeness (QED) is 0.500. The molecule has 1 rings (SSSR count). The number of carbonyl (C=O) groups excluding carboxylic acids is 1. The largest absolute Gasteiger partial charge is 0.359 e. The lowest BCUT2D eigenvalue weighted by atomic mass is 10.2. The van der Waals surface area contributed by atoms with E-state index in [2.05, 4.69) is 39.8 Å². The minimum Gasteiger partial charge on any atom is -0.359 e. The summed E-state index contributed by atoms with van der Waals surface area (Å²) in [7, 11) is 0. The Labute approximate surface area is 113 Å². The molecule has 0 atom stereocenters. The van der Waals surface area contributed by atoms with Crippen LogP contribution in [0.1, 0.15) is 10.4 Å². The van der Waals surface area contributed by atoms with E-state index in [1.807, 2.05) is 12.1 Å². The standard InChI is InChI=1S/C11H11IN2OS/c1-2-6-13-11(16)14-10(15)8-4-3-5-9(12)7-8/h2-5,7H,1,6H2,(H2,13,14,15,16). The van der Waals surface area contributed by atoms with E-state index in [4.69, 9.17) is 12.2 Å². The van der Waals surface area contributed by atoms with Gasteiger partial charge in [0.15, 0.2) is 5.11 Å². The number of amides is 1. The van der Waals surface area contributed by atoms with Gasteiger partial charge in [-0.25, -0.2) is 0 Å². The van der Waals surface area contributed by atoms with Crippen LogP contribution in [0.5, 0.6) is 0 Å². The maximum atomic E-state index is 11.7. The molecular formula is C11H11IN2OS. The monoisotopic (exact) mass is 346 g/mol. The van der Waals surface area contributed by atoms with Gasteiger partial charge in [-0.1, -0.05) is 12.1 Å². The Morgan fingerprint density at radius 2 is 2.31 bits per heavy atom. The van der Waals surface area contributed by atoms with Crippen LogP contribution in [0.3, 0.4) is 0 Å².